The maximum Gasteiger partial charge on any atom is 0.206 e. The Morgan fingerprint density at radius 2 is 2.31 bits per heavy atom. The predicted octanol–water partition coefficient (Wildman–Crippen LogP) is 0.326. The molecule has 0 radical (unpaired) electrons. The van der Waals surface area contributed by atoms with Crippen molar-refractivity contribution in [3.05, 3.63) is 0 Å². The lowest BCUT2D eigenvalue weighted by atomic mass is 10.4. The number of ether oxygens (including phenoxy) is 1. The lowest BCUT2D eigenvalue weighted by molar-refractivity contribution is 0.179. The van der Waals surface area contributed by atoms with Gasteiger partial charge in [0.05, 0.1) is 13.2 Å². The minimum atomic E-state index is 0.198. The van der Waals surface area contributed by atoms with E-state index in [9.17, 15) is 0 Å². The Balaban J connectivity index is 2.37. The highest BCUT2D eigenvalue weighted by Crippen LogP contribution is 2.47. The van der Waals surface area contributed by atoms with Crippen LogP contribution in [0.15, 0.2) is 4.99 Å². The summed E-state index contributed by atoms with van der Waals surface area (Å²) < 4.78 is 5.41. The van der Waals surface area contributed by atoms with Crippen molar-refractivity contribution in [1.82, 2.24) is 10.7 Å². The van der Waals surface area contributed by atoms with Gasteiger partial charge in [-0.1, -0.05) is 0 Å². The van der Waals surface area contributed by atoms with E-state index in [1.54, 1.807) is 7.11 Å². The zero-order chi connectivity index (χ0) is 12.0. The Morgan fingerprint density at radius 3 is 2.75 bits per heavy atom. The molecular weight excluding hydrogens is 224 g/mol. The van der Waals surface area contributed by atoms with Gasteiger partial charge in [-0.25, -0.2) is 5.84 Å². The van der Waals surface area contributed by atoms with Gasteiger partial charge in [-0.2, -0.15) is 11.8 Å². The number of guanidine groups is 1. The number of rotatable bonds is 6. The number of hydrogen-bond donors (Lipinski definition) is 3. The number of methoxy groups -OCH3 is 1. The van der Waals surface area contributed by atoms with E-state index in [0.717, 1.165) is 6.54 Å². The van der Waals surface area contributed by atoms with Gasteiger partial charge in [-0.3, -0.25) is 10.4 Å². The number of nitrogens with zero attached hydrogens (tertiary/aromatic N) is 1. The van der Waals surface area contributed by atoms with Crippen molar-refractivity contribution in [3.8, 4) is 0 Å². The number of aliphatic imine (C=N–C) groups is 1. The van der Waals surface area contributed by atoms with Gasteiger partial charge in [0, 0.05) is 17.9 Å². The first-order chi connectivity index (χ1) is 7.65. The smallest absolute Gasteiger partial charge is 0.206 e. The summed E-state index contributed by atoms with van der Waals surface area (Å²) in [6.45, 7) is 3.48. The van der Waals surface area contributed by atoms with Gasteiger partial charge < -0.3 is 10.1 Å². The van der Waals surface area contributed by atoms with Gasteiger partial charge in [-0.05, 0) is 26.0 Å². The highest BCUT2D eigenvalue weighted by molar-refractivity contribution is 8.00. The van der Waals surface area contributed by atoms with E-state index in [-0.39, 0.29) is 6.04 Å². The lowest BCUT2D eigenvalue weighted by Gasteiger charge is -2.16. The third kappa shape index (κ3) is 4.19. The van der Waals surface area contributed by atoms with Crippen LogP contribution in [0.5, 0.6) is 0 Å². The predicted molar refractivity (Wildman–Crippen MR) is 69.6 cm³/mol. The molecule has 0 spiro atoms. The molecule has 6 heteroatoms. The summed E-state index contributed by atoms with van der Waals surface area (Å²) in [7, 11) is 1.68. The minimum Gasteiger partial charge on any atom is -0.383 e. The molecule has 0 saturated heterocycles. The largest absolute Gasteiger partial charge is 0.383 e. The number of thioether (sulfide) groups is 1. The van der Waals surface area contributed by atoms with Gasteiger partial charge >= 0.3 is 0 Å². The van der Waals surface area contributed by atoms with E-state index >= 15 is 0 Å². The molecule has 1 unspecified atom stereocenters. The average Bonchev–Trinajstić information content (AvgIpc) is 3.05. The van der Waals surface area contributed by atoms with Crippen LogP contribution in [0, 0.1) is 0 Å². The molecule has 0 amide bonds. The van der Waals surface area contributed by atoms with Gasteiger partial charge in [0.1, 0.15) is 0 Å². The Bertz CT molecular complexity index is 243. The SMILES string of the molecule is COCC(C)NC(=NCC1(SC)CC1)NN. The summed E-state index contributed by atoms with van der Waals surface area (Å²) >= 11 is 1.89. The Morgan fingerprint density at radius 1 is 1.62 bits per heavy atom. The highest BCUT2D eigenvalue weighted by atomic mass is 32.2. The van der Waals surface area contributed by atoms with Crippen molar-refractivity contribution in [2.45, 2.75) is 30.6 Å². The molecule has 1 fully saturated rings. The minimum absolute atomic E-state index is 0.198. The first-order valence-electron chi connectivity index (χ1n) is 5.47. The molecule has 0 aliphatic heterocycles. The topological polar surface area (TPSA) is 71.7 Å². The molecule has 5 nitrogen and oxygen atoms in total. The Hall–Kier alpha value is -0.460. The lowest BCUT2D eigenvalue weighted by Crippen LogP contribution is -2.47. The first kappa shape index (κ1) is 13.6. The van der Waals surface area contributed by atoms with Crippen LogP contribution in [0.4, 0.5) is 0 Å². The summed E-state index contributed by atoms with van der Waals surface area (Å²) in [5, 5.41) is 3.17. The van der Waals surface area contributed by atoms with Crippen LogP contribution in [0.25, 0.3) is 0 Å². The van der Waals surface area contributed by atoms with Gasteiger partial charge in [-0.15, -0.1) is 0 Å². The second-order valence-electron chi connectivity index (χ2n) is 4.20. The third-order valence-corrected chi connectivity index (χ3v) is 4.11. The zero-order valence-corrected chi connectivity index (χ0v) is 11.1. The standard InChI is InChI=1S/C10H22N4OS/c1-8(6-15-2)13-9(14-11)12-7-10(16-3)4-5-10/h8H,4-7,11H2,1-3H3,(H2,12,13,14). The van der Waals surface area contributed by atoms with E-state index < -0.39 is 0 Å². The molecule has 1 aliphatic rings. The Kier molecular flexibility index (Phi) is 5.37. The molecule has 0 aromatic carbocycles. The van der Waals surface area contributed by atoms with Crippen molar-refractivity contribution in [2.24, 2.45) is 10.8 Å². The van der Waals surface area contributed by atoms with Crippen LogP contribution < -0.4 is 16.6 Å². The normalized spacial score (nSPS) is 20.4. The second kappa shape index (κ2) is 6.32. The summed E-state index contributed by atoms with van der Waals surface area (Å²) in [4.78, 5) is 4.46. The van der Waals surface area contributed by atoms with Crippen LogP contribution in [0.2, 0.25) is 0 Å². The molecule has 1 rings (SSSR count). The van der Waals surface area contributed by atoms with Crippen molar-refractivity contribution in [2.75, 3.05) is 26.5 Å². The van der Waals surface area contributed by atoms with Crippen LogP contribution in [-0.2, 0) is 4.74 Å². The third-order valence-electron chi connectivity index (χ3n) is 2.70. The van der Waals surface area contributed by atoms with Crippen LogP contribution in [-0.4, -0.2) is 43.3 Å². The molecule has 0 heterocycles. The van der Waals surface area contributed by atoms with E-state index in [1.165, 1.54) is 12.8 Å². The van der Waals surface area contributed by atoms with Gasteiger partial charge in [0.2, 0.25) is 5.96 Å². The molecule has 0 aromatic rings. The van der Waals surface area contributed by atoms with E-state index in [0.29, 0.717) is 17.3 Å². The van der Waals surface area contributed by atoms with Crippen molar-refractivity contribution in [1.29, 1.82) is 0 Å². The van der Waals surface area contributed by atoms with Crippen molar-refractivity contribution < 1.29 is 4.74 Å². The summed E-state index contributed by atoms with van der Waals surface area (Å²) in [5.74, 6) is 6.06. The van der Waals surface area contributed by atoms with Gasteiger partial charge in [0.15, 0.2) is 0 Å². The van der Waals surface area contributed by atoms with E-state index in [4.69, 9.17) is 10.6 Å². The number of nitrogens with one attached hydrogen (secondary N) is 2. The van der Waals surface area contributed by atoms with Crippen molar-refractivity contribution >= 4 is 17.7 Å². The monoisotopic (exact) mass is 246 g/mol. The number of hydrazine groups is 1. The highest BCUT2D eigenvalue weighted by Gasteiger charge is 2.41. The molecular formula is C10H22N4OS. The van der Waals surface area contributed by atoms with E-state index in [1.807, 2.05) is 18.7 Å². The second-order valence-corrected chi connectivity index (χ2v) is 5.47. The maximum atomic E-state index is 5.42. The Labute approximate surface area is 102 Å². The molecule has 0 aromatic heterocycles. The summed E-state index contributed by atoms with van der Waals surface area (Å²) in [5.41, 5.74) is 2.59. The van der Waals surface area contributed by atoms with E-state index in [2.05, 4.69) is 22.0 Å². The summed E-state index contributed by atoms with van der Waals surface area (Å²) in [6.07, 6.45) is 4.64. The molecule has 16 heavy (non-hydrogen) atoms. The number of hydrogen-bond acceptors (Lipinski definition) is 4. The molecule has 1 saturated carbocycles. The fourth-order valence-electron chi connectivity index (χ4n) is 1.45. The quantitative estimate of drug-likeness (QED) is 0.273. The zero-order valence-electron chi connectivity index (χ0n) is 10.2. The van der Waals surface area contributed by atoms with Crippen LogP contribution in [0.3, 0.4) is 0 Å². The van der Waals surface area contributed by atoms with Crippen molar-refractivity contribution in [3.63, 3.8) is 0 Å². The van der Waals surface area contributed by atoms with Crippen LogP contribution in [0.1, 0.15) is 19.8 Å². The maximum absolute atomic E-state index is 5.42. The van der Waals surface area contributed by atoms with Gasteiger partial charge in [0.25, 0.3) is 0 Å². The number of nitrogens with two attached hydrogens (primary N) is 1. The summed E-state index contributed by atoms with van der Waals surface area (Å²) in [6, 6.07) is 0.198. The fraction of sp³-hybridized carbons (Fsp3) is 0.900. The molecule has 0 bridgehead atoms. The van der Waals surface area contributed by atoms with Crippen LogP contribution >= 0.6 is 11.8 Å². The fourth-order valence-corrected chi connectivity index (χ4v) is 2.15. The molecule has 94 valence electrons. The average molecular weight is 246 g/mol. The molecule has 1 atom stereocenters. The molecule has 1 aliphatic carbocycles. The first-order valence-corrected chi connectivity index (χ1v) is 6.70. The molecule has 4 N–H and O–H groups in total.